The Balaban J connectivity index is 1.68. The van der Waals surface area contributed by atoms with Crippen LogP contribution in [0.4, 0.5) is 5.69 Å². The maximum absolute atomic E-state index is 13.0. The molecule has 0 spiro atoms. The highest BCUT2D eigenvalue weighted by molar-refractivity contribution is 6.04. The van der Waals surface area contributed by atoms with Crippen molar-refractivity contribution in [2.75, 3.05) is 5.32 Å². The number of benzene rings is 4. The number of aryl methyl sites for hydroxylation is 1. The third kappa shape index (κ3) is 3.60. The predicted molar refractivity (Wildman–Crippen MR) is 126 cm³/mol. The fourth-order valence-corrected chi connectivity index (χ4v) is 3.83. The number of amides is 1. The van der Waals surface area contributed by atoms with Gasteiger partial charge in [-0.2, -0.15) is 5.10 Å². The summed E-state index contributed by atoms with van der Waals surface area (Å²) in [4.78, 5) is 13.0. The summed E-state index contributed by atoms with van der Waals surface area (Å²) in [5.74, 6) is -0.236. The summed E-state index contributed by atoms with van der Waals surface area (Å²) in [5, 5.41) is 9.93. The number of hydrogen-bond acceptors (Lipinski definition) is 2. The molecule has 0 aliphatic carbocycles. The lowest BCUT2D eigenvalue weighted by Gasteiger charge is -2.12. The zero-order chi connectivity index (χ0) is 21.2. The maximum atomic E-state index is 13.0. The van der Waals surface area contributed by atoms with Crippen LogP contribution in [0.5, 0.6) is 0 Å². The molecule has 150 valence electrons. The number of aromatic nitrogens is 2. The first-order valence-electron chi connectivity index (χ1n) is 10.2. The maximum Gasteiger partial charge on any atom is 0.276 e. The first-order chi connectivity index (χ1) is 15.2. The summed E-state index contributed by atoms with van der Waals surface area (Å²) in [7, 11) is 0. The van der Waals surface area contributed by atoms with Crippen LogP contribution in [0.3, 0.4) is 0 Å². The summed E-state index contributed by atoms with van der Waals surface area (Å²) in [6.07, 6.45) is 0. The topological polar surface area (TPSA) is 46.9 Å². The number of fused-ring (bicyclic) bond motifs is 1. The average Bonchev–Trinajstić information content (AvgIpc) is 3.25. The van der Waals surface area contributed by atoms with E-state index in [2.05, 4.69) is 29.6 Å². The van der Waals surface area contributed by atoms with Gasteiger partial charge in [-0.25, -0.2) is 4.68 Å². The van der Waals surface area contributed by atoms with Gasteiger partial charge in [-0.1, -0.05) is 78.9 Å². The second-order valence-corrected chi connectivity index (χ2v) is 7.46. The van der Waals surface area contributed by atoms with Gasteiger partial charge in [0.15, 0.2) is 5.69 Å². The van der Waals surface area contributed by atoms with Gasteiger partial charge >= 0.3 is 0 Å². The lowest BCUT2D eigenvalue weighted by molar-refractivity contribution is 0.102. The molecule has 0 fully saturated rings. The van der Waals surface area contributed by atoms with Gasteiger partial charge in [-0.05, 0) is 47.5 Å². The van der Waals surface area contributed by atoms with Crippen LogP contribution in [0.2, 0.25) is 0 Å². The Morgan fingerprint density at radius 1 is 0.806 bits per heavy atom. The largest absolute Gasteiger partial charge is 0.321 e. The van der Waals surface area contributed by atoms with Crippen LogP contribution in [0.1, 0.15) is 16.1 Å². The van der Waals surface area contributed by atoms with E-state index in [1.807, 2.05) is 90.5 Å². The van der Waals surface area contributed by atoms with Gasteiger partial charge in [0, 0.05) is 11.3 Å². The molecule has 0 unspecified atom stereocenters. The number of hydrogen-bond donors (Lipinski definition) is 1. The van der Waals surface area contributed by atoms with Crippen LogP contribution >= 0.6 is 0 Å². The third-order valence-electron chi connectivity index (χ3n) is 5.38. The number of anilines is 1. The number of rotatable bonds is 4. The lowest BCUT2D eigenvalue weighted by Crippen LogP contribution is -2.13. The Morgan fingerprint density at radius 3 is 2.35 bits per heavy atom. The van der Waals surface area contributed by atoms with Crippen molar-refractivity contribution in [2.24, 2.45) is 0 Å². The minimum atomic E-state index is -0.236. The molecule has 31 heavy (non-hydrogen) atoms. The molecule has 0 atom stereocenters. The molecule has 5 aromatic rings. The number of carbonyl (C=O) groups is 1. The molecular weight excluding hydrogens is 382 g/mol. The van der Waals surface area contributed by atoms with E-state index in [0.717, 1.165) is 39.0 Å². The van der Waals surface area contributed by atoms with Gasteiger partial charge in [0.2, 0.25) is 0 Å². The number of nitrogens with one attached hydrogen (secondary N) is 1. The smallest absolute Gasteiger partial charge is 0.276 e. The van der Waals surface area contributed by atoms with Gasteiger partial charge in [-0.3, -0.25) is 4.79 Å². The van der Waals surface area contributed by atoms with Crippen molar-refractivity contribution < 1.29 is 4.79 Å². The van der Waals surface area contributed by atoms with Crippen molar-refractivity contribution >= 4 is 22.4 Å². The molecule has 0 aliphatic heterocycles. The molecule has 4 aromatic carbocycles. The minimum absolute atomic E-state index is 0.236. The Bertz CT molecular complexity index is 1380. The van der Waals surface area contributed by atoms with Crippen LogP contribution in [-0.4, -0.2) is 15.7 Å². The van der Waals surface area contributed by atoms with E-state index in [-0.39, 0.29) is 5.91 Å². The molecule has 0 bridgehead atoms. The Kier molecular flexibility index (Phi) is 4.81. The van der Waals surface area contributed by atoms with E-state index >= 15 is 0 Å². The van der Waals surface area contributed by atoms with Crippen molar-refractivity contribution in [1.29, 1.82) is 0 Å². The molecule has 0 radical (unpaired) electrons. The van der Waals surface area contributed by atoms with Crippen LogP contribution in [0, 0.1) is 6.92 Å². The van der Waals surface area contributed by atoms with Crippen molar-refractivity contribution in [2.45, 2.75) is 6.92 Å². The van der Waals surface area contributed by atoms with Crippen LogP contribution < -0.4 is 5.32 Å². The molecule has 0 saturated heterocycles. The molecular formula is C27H21N3O. The molecule has 4 nitrogen and oxygen atoms in total. The highest BCUT2D eigenvalue weighted by atomic mass is 16.1. The fourth-order valence-electron chi connectivity index (χ4n) is 3.83. The monoisotopic (exact) mass is 403 g/mol. The third-order valence-corrected chi connectivity index (χ3v) is 5.38. The van der Waals surface area contributed by atoms with E-state index in [0.29, 0.717) is 5.69 Å². The van der Waals surface area contributed by atoms with Crippen LogP contribution in [0.15, 0.2) is 103 Å². The summed E-state index contributed by atoms with van der Waals surface area (Å²) < 4.78 is 1.87. The Labute approximate surface area is 180 Å². The summed E-state index contributed by atoms with van der Waals surface area (Å²) in [5.41, 5.74) is 5.06. The minimum Gasteiger partial charge on any atom is -0.321 e. The molecule has 0 aliphatic rings. The number of nitrogens with zero attached hydrogens (tertiary/aromatic N) is 2. The first kappa shape index (κ1) is 18.8. The fraction of sp³-hybridized carbons (Fsp3) is 0.0370. The van der Waals surface area contributed by atoms with Gasteiger partial charge in [-0.15, -0.1) is 0 Å². The van der Waals surface area contributed by atoms with Gasteiger partial charge < -0.3 is 5.32 Å². The average molecular weight is 403 g/mol. The molecule has 1 N–H and O–H groups in total. The van der Waals surface area contributed by atoms with Gasteiger partial charge in [0.05, 0.1) is 11.4 Å². The molecule has 0 saturated carbocycles. The van der Waals surface area contributed by atoms with Crippen molar-refractivity contribution in [3.05, 3.63) is 114 Å². The highest BCUT2D eigenvalue weighted by Gasteiger charge is 2.19. The zero-order valence-corrected chi connectivity index (χ0v) is 17.1. The van der Waals surface area contributed by atoms with Crippen molar-refractivity contribution in [3.8, 4) is 16.9 Å². The van der Waals surface area contributed by atoms with E-state index in [9.17, 15) is 4.79 Å². The van der Waals surface area contributed by atoms with E-state index in [1.54, 1.807) is 0 Å². The van der Waals surface area contributed by atoms with Gasteiger partial charge in [0.1, 0.15) is 0 Å². The number of carbonyl (C=O) groups excluding carboxylic acids is 1. The quantitative estimate of drug-likeness (QED) is 0.385. The van der Waals surface area contributed by atoms with Crippen LogP contribution in [0.25, 0.3) is 27.7 Å². The molecule has 5 rings (SSSR count). The van der Waals surface area contributed by atoms with Crippen molar-refractivity contribution in [1.82, 2.24) is 9.78 Å². The second kappa shape index (κ2) is 7.92. The predicted octanol–water partition coefficient (Wildman–Crippen LogP) is 6.25. The van der Waals surface area contributed by atoms with E-state index < -0.39 is 0 Å². The Hall–Kier alpha value is -4.18. The van der Waals surface area contributed by atoms with Gasteiger partial charge in [0.25, 0.3) is 5.91 Å². The lowest BCUT2D eigenvalue weighted by atomic mass is 10.0. The molecule has 4 heteroatoms. The standard InChI is InChI=1S/C27H21N3O/c1-19-10-5-8-17-25(19)30-26(23-16-9-12-20-11-6-7-15-22(20)23)18-24(29-30)27(31)28-21-13-3-2-4-14-21/h2-18H,1H3,(H,28,31). The van der Waals surface area contributed by atoms with E-state index in [4.69, 9.17) is 5.10 Å². The van der Waals surface area contributed by atoms with Crippen molar-refractivity contribution in [3.63, 3.8) is 0 Å². The van der Waals surface area contributed by atoms with E-state index in [1.165, 1.54) is 0 Å². The number of para-hydroxylation sites is 2. The summed E-state index contributed by atoms with van der Waals surface area (Å²) >= 11 is 0. The summed E-state index contributed by atoms with van der Waals surface area (Å²) in [6, 6.07) is 33.8. The molecule has 1 heterocycles. The normalized spacial score (nSPS) is 10.9. The summed E-state index contributed by atoms with van der Waals surface area (Å²) in [6.45, 7) is 2.05. The zero-order valence-electron chi connectivity index (χ0n) is 17.1. The SMILES string of the molecule is Cc1ccccc1-n1nc(C(=O)Nc2ccccc2)cc1-c1cccc2ccccc12. The second-order valence-electron chi connectivity index (χ2n) is 7.46. The van der Waals surface area contributed by atoms with Crippen LogP contribution in [-0.2, 0) is 0 Å². The molecule has 1 aromatic heterocycles. The highest BCUT2D eigenvalue weighted by Crippen LogP contribution is 2.31. The first-order valence-corrected chi connectivity index (χ1v) is 10.2. The Morgan fingerprint density at radius 2 is 1.52 bits per heavy atom. The molecule has 1 amide bonds.